The van der Waals surface area contributed by atoms with Crippen molar-refractivity contribution in [3.8, 4) is 0 Å². The second-order valence-electron chi connectivity index (χ2n) is 15.1. The van der Waals surface area contributed by atoms with Crippen molar-refractivity contribution in [2.24, 2.45) is 33.0 Å². The number of aryl methyl sites for hydroxylation is 1. The third kappa shape index (κ3) is 3.85. The van der Waals surface area contributed by atoms with Gasteiger partial charge >= 0.3 is 5.97 Å². The highest BCUT2D eigenvalue weighted by molar-refractivity contribution is 6.06. The maximum Gasteiger partial charge on any atom is 0.312 e. The minimum atomic E-state index is -0.499. The molecule has 0 radical (unpaired) electrons. The molecule has 0 aliphatic heterocycles. The minimum absolute atomic E-state index is 0.0148. The van der Waals surface area contributed by atoms with Crippen molar-refractivity contribution in [2.75, 3.05) is 0 Å². The predicted octanol–water partition coefficient (Wildman–Crippen LogP) is 8.66. The molecule has 0 saturated heterocycles. The molecule has 6 rings (SSSR count). The van der Waals surface area contributed by atoms with Crippen molar-refractivity contribution in [1.29, 1.82) is 0 Å². The molecule has 6 atom stereocenters. The molecule has 0 amide bonds. The maximum absolute atomic E-state index is 13.7. The summed E-state index contributed by atoms with van der Waals surface area (Å²) in [5.74, 6) is -0.0747. The average molecular weight is 555 g/mol. The van der Waals surface area contributed by atoms with Crippen LogP contribution in [0.4, 0.5) is 0 Å². The first-order chi connectivity index (χ1) is 19.2. The molecule has 0 unspecified atom stereocenters. The number of allylic oxidation sites excluding steroid dienone is 7. The van der Waals surface area contributed by atoms with Crippen LogP contribution >= 0.6 is 0 Å². The van der Waals surface area contributed by atoms with Gasteiger partial charge in [0.2, 0.25) is 5.78 Å². The van der Waals surface area contributed by atoms with E-state index in [0.717, 1.165) is 67.2 Å². The molecule has 1 N–H and O–H groups in total. The highest BCUT2D eigenvalue weighted by Gasteiger charge is 2.67. The molecule has 3 saturated carbocycles. The van der Waals surface area contributed by atoms with E-state index in [2.05, 4.69) is 59.8 Å². The van der Waals surface area contributed by atoms with E-state index in [4.69, 9.17) is 4.74 Å². The smallest absolute Gasteiger partial charge is 0.312 e. The van der Waals surface area contributed by atoms with Crippen LogP contribution in [0.5, 0.6) is 0 Å². The lowest BCUT2D eigenvalue weighted by Crippen LogP contribution is -2.62. The summed E-state index contributed by atoms with van der Waals surface area (Å²) in [7, 11) is 0. The van der Waals surface area contributed by atoms with Crippen molar-refractivity contribution in [2.45, 2.75) is 100 Å². The Morgan fingerprint density at radius 1 is 0.951 bits per heavy atom. The van der Waals surface area contributed by atoms with Crippen molar-refractivity contribution in [1.82, 2.24) is 0 Å². The molecule has 41 heavy (non-hydrogen) atoms. The van der Waals surface area contributed by atoms with Crippen LogP contribution in [-0.4, -0.2) is 16.9 Å². The lowest BCUT2D eigenvalue weighted by molar-refractivity contribution is -0.183. The lowest BCUT2D eigenvalue weighted by atomic mass is 9.34. The zero-order valence-electron chi connectivity index (χ0n) is 25.9. The largest absolute Gasteiger partial charge is 0.504 e. The summed E-state index contributed by atoms with van der Waals surface area (Å²) in [4.78, 5) is 26.5. The van der Waals surface area contributed by atoms with Gasteiger partial charge in [0, 0.05) is 11.0 Å². The normalized spacial score (nSPS) is 39.8. The molecule has 0 heterocycles. The third-order valence-electron chi connectivity index (χ3n) is 13.0. The van der Waals surface area contributed by atoms with Crippen molar-refractivity contribution < 1.29 is 19.4 Å². The van der Waals surface area contributed by atoms with Gasteiger partial charge in [-0.1, -0.05) is 69.7 Å². The molecule has 0 aromatic heterocycles. The van der Waals surface area contributed by atoms with Crippen LogP contribution in [0.1, 0.15) is 97.6 Å². The molecule has 1 aromatic carbocycles. The van der Waals surface area contributed by atoms with Gasteiger partial charge in [0.05, 0.1) is 5.41 Å². The van der Waals surface area contributed by atoms with E-state index < -0.39 is 5.41 Å². The first-order valence-corrected chi connectivity index (χ1v) is 15.5. The SMILES string of the molecule is CC1=C(O)C(=O)C=C2C1=CC=C1[C@@]2(C)CC[C@@]2(C)[C@@H]3C[C@](C)(C(=O)OCc4ccccc4C)CC[C@]3(C)CC[C@]12C. The Bertz CT molecular complexity index is 1470. The van der Waals surface area contributed by atoms with Gasteiger partial charge in [-0.25, -0.2) is 0 Å². The van der Waals surface area contributed by atoms with Crippen LogP contribution in [0.15, 0.2) is 70.5 Å². The topological polar surface area (TPSA) is 63.6 Å². The zero-order valence-corrected chi connectivity index (χ0v) is 25.9. The van der Waals surface area contributed by atoms with Gasteiger partial charge in [-0.2, -0.15) is 0 Å². The monoisotopic (exact) mass is 554 g/mol. The molecule has 218 valence electrons. The number of carbonyl (C=O) groups excluding carboxylic acids is 2. The number of esters is 1. The average Bonchev–Trinajstić information content (AvgIpc) is 2.94. The molecule has 4 nitrogen and oxygen atoms in total. The van der Waals surface area contributed by atoms with E-state index in [1.807, 2.05) is 25.1 Å². The molecule has 1 aromatic rings. The van der Waals surface area contributed by atoms with E-state index in [1.54, 1.807) is 6.08 Å². The van der Waals surface area contributed by atoms with Crippen molar-refractivity contribution in [3.05, 3.63) is 81.7 Å². The molecular weight excluding hydrogens is 508 g/mol. The Labute approximate surface area is 245 Å². The molecule has 5 aliphatic carbocycles. The van der Waals surface area contributed by atoms with E-state index in [0.29, 0.717) is 18.1 Å². The van der Waals surface area contributed by atoms with Crippen molar-refractivity contribution in [3.63, 3.8) is 0 Å². The van der Waals surface area contributed by atoms with Crippen molar-refractivity contribution >= 4 is 11.8 Å². The van der Waals surface area contributed by atoms with Gasteiger partial charge in [0.25, 0.3) is 0 Å². The molecule has 0 bridgehead atoms. The highest BCUT2D eigenvalue weighted by atomic mass is 16.5. The summed E-state index contributed by atoms with van der Waals surface area (Å²) in [5.41, 5.74) is 5.81. The minimum Gasteiger partial charge on any atom is -0.504 e. The number of ketones is 1. The number of hydrogen-bond acceptors (Lipinski definition) is 4. The number of rotatable bonds is 3. The zero-order chi connectivity index (χ0) is 29.6. The van der Waals surface area contributed by atoms with Crippen LogP contribution in [0.3, 0.4) is 0 Å². The van der Waals surface area contributed by atoms with Gasteiger partial charge < -0.3 is 9.84 Å². The van der Waals surface area contributed by atoms with Crippen LogP contribution in [-0.2, 0) is 20.9 Å². The van der Waals surface area contributed by atoms with Crippen LogP contribution < -0.4 is 0 Å². The number of aliphatic hydroxyl groups excluding tert-OH is 1. The Balaban J connectivity index is 1.34. The number of aliphatic hydroxyl groups is 1. The molecular formula is C37H46O4. The number of benzene rings is 1. The van der Waals surface area contributed by atoms with Gasteiger partial charge in [-0.15, -0.1) is 0 Å². The maximum atomic E-state index is 13.7. The second kappa shape index (κ2) is 9.06. The van der Waals surface area contributed by atoms with Crippen LogP contribution in [0, 0.1) is 39.9 Å². The Morgan fingerprint density at radius 2 is 1.66 bits per heavy atom. The summed E-state index contributed by atoms with van der Waals surface area (Å²) < 4.78 is 6.03. The third-order valence-corrected chi connectivity index (χ3v) is 13.0. The standard InChI is InChI=1S/C37H46O4/c1-23-10-8-9-11-25(23)22-41-32(40)34(4)15-14-33(3)16-18-36(6)29-13-12-26-24(2)31(39)28(38)20-27(26)35(29,5)17-19-37(36,7)30(33)21-34/h8-13,20,30,39H,14-19,21-22H2,1-7H3/t30-,33-,34-,35+,36-,37+/m1/s1. The fraction of sp³-hybridized carbons (Fsp3) is 0.568. The van der Waals surface area contributed by atoms with E-state index in [-0.39, 0.29) is 39.2 Å². The Morgan fingerprint density at radius 3 is 2.39 bits per heavy atom. The quantitative estimate of drug-likeness (QED) is 0.380. The van der Waals surface area contributed by atoms with Gasteiger partial charge in [0.1, 0.15) is 6.61 Å². The molecule has 4 heteroatoms. The number of fused-ring (bicyclic) bond motifs is 7. The number of ether oxygens (including phenoxy) is 1. The fourth-order valence-electron chi connectivity index (χ4n) is 9.73. The van der Waals surface area contributed by atoms with Crippen LogP contribution in [0.2, 0.25) is 0 Å². The predicted molar refractivity (Wildman–Crippen MR) is 162 cm³/mol. The van der Waals surface area contributed by atoms with E-state index in [9.17, 15) is 14.7 Å². The lowest BCUT2D eigenvalue weighted by Gasteiger charge is -2.70. The van der Waals surface area contributed by atoms with E-state index in [1.165, 1.54) is 5.57 Å². The number of carbonyl (C=O) groups is 2. The summed E-state index contributed by atoms with van der Waals surface area (Å²) >= 11 is 0. The summed E-state index contributed by atoms with van der Waals surface area (Å²) in [6, 6.07) is 8.13. The first kappa shape index (κ1) is 28.2. The second-order valence-corrected chi connectivity index (χ2v) is 15.1. The Hall–Kier alpha value is -2.88. The van der Waals surface area contributed by atoms with Gasteiger partial charge in [0.15, 0.2) is 5.76 Å². The summed E-state index contributed by atoms with van der Waals surface area (Å²) in [6.45, 7) is 16.1. The van der Waals surface area contributed by atoms with Gasteiger partial charge in [-0.3, -0.25) is 9.59 Å². The van der Waals surface area contributed by atoms with E-state index >= 15 is 0 Å². The summed E-state index contributed by atoms with van der Waals surface area (Å²) in [5, 5.41) is 10.4. The molecule has 0 spiro atoms. The van der Waals surface area contributed by atoms with Crippen LogP contribution in [0.25, 0.3) is 0 Å². The number of hydrogen-bond donors (Lipinski definition) is 1. The van der Waals surface area contributed by atoms with Gasteiger partial charge in [-0.05, 0) is 116 Å². The molecule has 3 fully saturated rings. The summed E-state index contributed by atoms with van der Waals surface area (Å²) in [6.07, 6.45) is 13.2. The first-order valence-electron chi connectivity index (χ1n) is 15.5. The Kier molecular flexibility index (Phi) is 6.24. The highest BCUT2D eigenvalue weighted by Crippen LogP contribution is 2.75. The molecule has 5 aliphatic rings. The fourth-order valence-corrected chi connectivity index (χ4v) is 9.73.